The fourth-order valence-electron chi connectivity index (χ4n) is 3.08. The predicted molar refractivity (Wildman–Crippen MR) is 115 cm³/mol. The third-order valence-corrected chi connectivity index (χ3v) is 4.72. The molecule has 1 saturated heterocycles. The maximum absolute atomic E-state index is 8.87. The molecule has 0 aromatic carbocycles. The Morgan fingerprint density at radius 1 is 1.29 bits per heavy atom. The number of anilines is 3. The van der Waals surface area contributed by atoms with Gasteiger partial charge in [0.25, 0.3) is 0 Å². The molecular weight excluding hydrogens is 396 g/mol. The summed E-state index contributed by atoms with van der Waals surface area (Å²) in [4.78, 5) is 8.18. The van der Waals surface area contributed by atoms with Crippen molar-refractivity contribution in [1.82, 2.24) is 35.3 Å². The van der Waals surface area contributed by atoms with Gasteiger partial charge in [-0.2, -0.15) is 10.4 Å². The molecule has 11 heteroatoms. The van der Waals surface area contributed by atoms with E-state index in [1.807, 2.05) is 29.1 Å². The molecule has 3 aromatic heterocycles. The topological polar surface area (TPSA) is 138 Å². The Morgan fingerprint density at radius 3 is 2.87 bits per heavy atom. The van der Waals surface area contributed by atoms with Gasteiger partial charge in [-0.3, -0.25) is 4.68 Å². The summed E-state index contributed by atoms with van der Waals surface area (Å²) in [5, 5.41) is 32.0. The van der Waals surface area contributed by atoms with Gasteiger partial charge in [0.15, 0.2) is 11.5 Å². The minimum absolute atomic E-state index is 0.0591. The van der Waals surface area contributed by atoms with Crippen LogP contribution >= 0.6 is 0 Å². The summed E-state index contributed by atoms with van der Waals surface area (Å²) in [6, 6.07) is 5.97. The van der Waals surface area contributed by atoms with Crippen LogP contribution in [0.1, 0.15) is 25.6 Å². The zero-order valence-corrected chi connectivity index (χ0v) is 17.4. The molecule has 4 rings (SSSR count). The van der Waals surface area contributed by atoms with Crippen LogP contribution in [0.3, 0.4) is 0 Å². The van der Waals surface area contributed by atoms with E-state index in [9.17, 15) is 0 Å². The second-order valence-electron chi connectivity index (χ2n) is 7.37. The molecule has 1 aliphatic rings. The van der Waals surface area contributed by atoms with Gasteiger partial charge in [0.1, 0.15) is 23.3 Å². The van der Waals surface area contributed by atoms with Crippen molar-refractivity contribution in [3.05, 3.63) is 36.4 Å². The quantitative estimate of drug-likeness (QED) is 0.518. The normalized spacial score (nSPS) is 16.1. The van der Waals surface area contributed by atoms with Gasteiger partial charge in [0.2, 0.25) is 0 Å². The van der Waals surface area contributed by atoms with Crippen LogP contribution in [0.15, 0.2) is 30.7 Å². The Morgan fingerprint density at radius 2 is 2.19 bits per heavy atom. The van der Waals surface area contributed by atoms with Crippen molar-refractivity contribution in [3.63, 3.8) is 0 Å². The largest absolute Gasteiger partial charge is 0.380 e. The van der Waals surface area contributed by atoms with Crippen molar-refractivity contribution in [2.24, 2.45) is 0 Å². The van der Waals surface area contributed by atoms with Gasteiger partial charge in [0.05, 0.1) is 30.8 Å². The molecule has 0 aliphatic carbocycles. The highest BCUT2D eigenvalue weighted by molar-refractivity contribution is 5.74. The number of ether oxygens (including phenoxy) is 1. The van der Waals surface area contributed by atoms with Crippen molar-refractivity contribution in [1.29, 1.82) is 5.26 Å². The van der Waals surface area contributed by atoms with E-state index in [0.717, 1.165) is 24.5 Å². The number of nitriles is 1. The third-order valence-electron chi connectivity index (χ3n) is 4.72. The molecule has 4 heterocycles. The molecule has 1 fully saturated rings. The number of nitrogens with one attached hydrogen (secondary N) is 3. The van der Waals surface area contributed by atoms with Crippen LogP contribution in [-0.2, 0) is 4.74 Å². The average Bonchev–Trinajstić information content (AvgIpc) is 3.29. The lowest BCUT2D eigenvalue weighted by atomic mass is 10.2. The highest BCUT2D eigenvalue weighted by Crippen LogP contribution is 2.27. The van der Waals surface area contributed by atoms with Crippen LogP contribution in [0, 0.1) is 11.3 Å². The first-order chi connectivity index (χ1) is 15.1. The van der Waals surface area contributed by atoms with E-state index < -0.39 is 0 Å². The van der Waals surface area contributed by atoms with Crippen molar-refractivity contribution >= 4 is 17.3 Å². The highest BCUT2D eigenvalue weighted by atomic mass is 16.5. The summed E-state index contributed by atoms with van der Waals surface area (Å²) in [5.41, 5.74) is 2.41. The van der Waals surface area contributed by atoms with E-state index in [0.29, 0.717) is 30.5 Å². The van der Waals surface area contributed by atoms with E-state index in [1.165, 1.54) is 12.4 Å². The van der Waals surface area contributed by atoms with E-state index in [1.54, 1.807) is 0 Å². The maximum Gasteiger partial charge on any atom is 0.158 e. The molecule has 160 valence electrons. The lowest BCUT2D eigenvalue weighted by Crippen LogP contribution is -2.42. The third kappa shape index (κ3) is 5.11. The van der Waals surface area contributed by atoms with Crippen molar-refractivity contribution in [3.8, 4) is 17.5 Å². The average molecular weight is 420 g/mol. The molecule has 11 nitrogen and oxygen atoms in total. The lowest BCUT2D eigenvalue weighted by molar-refractivity contribution is 0.0372. The molecule has 0 radical (unpaired) electrons. The van der Waals surface area contributed by atoms with Crippen molar-refractivity contribution in [2.45, 2.75) is 26.0 Å². The maximum atomic E-state index is 8.87. The van der Waals surface area contributed by atoms with Gasteiger partial charge in [-0.05, 0) is 19.9 Å². The second kappa shape index (κ2) is 9.46. The lowest BCUT2D eigenvalue weighted by Gasteiger charge is -2.24. The Hall–Kier alpha value is -3.62. The Balaban J connectivity index is 1.58. The Labute approximate surface area is 179 Å². The van der Waals surface area contributed by atoms with Crippen molar-refractivity contribution < 1.29 is 4.74 Å². The highest BCUT2D eigenvalue weighted by Gasteiger charge is 2.17. The second-order valence-corrected chi connectivity index (χ2v) is 7.37. The smallest absolute Gasteiger partial charge is 0.158 e. The van der Waals surface area contributed by atoms with Crippen molar-refractivity contribution in [2.75, 3.05) is 36.9 Å². The molecule has 31 heavy (non-hydrogen) atoms. The van der Waals surface area contributed by atoms with Crippen LogP contribution in [-0.4, -0.2) is 62.3 Å². The molecule has 3 aromatic rings. The van der Waals surface area contributed by atoms with Crippen LogP contribution in [0.5, 0.6) is 0 Å². The van der Waals surface area contributed by atoms with Gasteiger partial charge >= 0.3 is 0 Å². The Bertz CT molecular complexity index is 1050. The molecule has 1 aliphatic heterocycles. The zero-order chi connectivity index (χ0) is 21.6. The molecule has 0 spiro atoms. The minimum atomic E-state index is 0.0591. The van der Waals surface area contributed by atoms with Gasteiger partial charge in [-0.15, -0.1) is 10.2 Å². The first-order valence-electron chi connectivity index (χ1n) is 10.1. The summed E-state index contributed by atoms with van der Waals surface area (Å²) < 4.78 is 7.67. The van der Waals surface area contributed by atoms with Crippen LogP contribution in [0.25, 0.3) is 11.4 Å². The summed E-state index contributed by atoms with van der Waals surface area (Å²) >= 11 is 0. The summed E-state index contributed by atoms with van der Waals surface area (Å²) in [6.45, 7) is 7.10. The first-order valence-corrected chi connectivity index (χ1v) is 10.1. The number of nitrogens with zero attached hydrogens (tertiary/aromatic N) is 7. The molecule has 3 N–H and O–H groups in total. The molecule has 0 saturated carbocycles. The minimum Gasteiger partial charge on any atom is -0.380 e. The first kappa shape index (κ1) is 20.6. The number of aromatic nitrogens is 6. The van der Waals surface area contributed by atoms with Gasteiger partial charge in [-0.1, -0.05) is 0 Å². The van der Waals surface area contributed by atoms with Crippen LogP contribution in [0.2, 0.25) is 0 Å². The molecular formula is C20H24N10O. The number of hydrogen-bond donors (Lipinski definition) is 3. The fourth-order valence-corrected chi connectivity index (χ4v) is 3.08. The monoisotopic (exact) mass is 420 g/mol. The Kier molecular flexibility index (Phi) is 6.30. The molecule has 1 atom stereocenters. The summed E-state index contributed by atoms with van der Waals surface area (Å²) in [7, 11) is 0. The van der Waals surface area contributed by atoms with Gasteiger partial charge in [0, 0.05) is 37.9 Å². The summed E-state index contributed by atoms with van der Waals surface area (Å²) in [6.07, 6.45) is 4.87. The molecule has 0 amide bonds. The molecule has 0 bridgehead atoms. The van der Waals surface area contributed by atoms with E-state index in [-0.39, 0.29) is 17.8 Å². The van der Waals surface area contributed by atoms with E-state index >= 15 is 0 Å². The van der Waals surface area contributed by atoms with Crippen LogP contribution < -0.4 is 16.0 Å². The van der Waals surface area contributed by atoms with Gasteiger partial charge in [-0.25, -0.2) is 9.97 Å². The number of rotatable bonds is 7. The predicted octanol–water partition coefficient (Wildman–Crippen LogP) is 1.73. The number of morpholine rings is 1. The van der Waals surface area contributed by atoms with E-state index in [2.05, 4.69) is 55.1 Å². The molecule has 1 unspecified atom stereocenters. The van der Waals surface area contributed by atoms with Crippen LogP contribution in [0.4, 0.5) is 17.3 Å². The fraction of sp³-hybridized carbons (Fsp3) is 0.400. The SMILES string of the molecule is CC(C)n1ccc(-c2nnc(Nc3cnc(C#N)cn3)cc2NCC2CNCCO2)n1. The summed E-state index contributed by atoms with van der Waals surface area (Å²) in [5.74, 6) is 0.965. The van der Waals surface area contributed by atoms with Gasteiger partial charge < -0.3 is 20.7 Å². The number of hydrogen-bond acceptors (Lipinski definition) is 10. The van der Waals surface area contributed by atoms with E-state index in [4.69, 9.17) is 10.00 Å². The standard InChI is InChI=1S/C20H24N10O/c1-13(2)30-5-3-16(29-30)20-17(24-11-15-10-22-4-6-31-15)7-18(27-28-20)26-19-12-23-14(8-21)9-25-19/h3,5,7,9,12-13,15,22H,4,6,10-11H2,1-2H3,(H2,24,25,26,27). The zero-order valence-electron chi connectivity index (χ0n) is 17.4.